The normalized spacial score (nSPS) is 11.0. The third-order valence-corrected chi connectivity index (χ3v) is 8.48. The summed E-state index contributed by atoms with van der Waals surface area (Å²) in [5.74, 6) is -0.361. The lowest BCUT2D eigenvalue weighted by molar-refractivity contribution is -0.114. The number of aryl methyl sites for hydroxylation is 2. The molecular formula is C33H35N3O6S. The Hall–Kier alpha value is -4.83. The van der Waals surface area contributed by atoms with Gasteiger partial charge in [0.2, 0.25) is 5.91 Å². The topological polar surface area (TPSA) is 114 Å². The number of para-hydroxylation sites is 1. The van der Waals surface area contributed by atoms with E-state index in [1.54, 1.807) is 36.4 Å². The molecule has 0 saturated carbocycles. The second-order valence-corrected chi connectivity index (χ2v) is 11.8. The maximum atomic E-state index is 14.0. The van der Waals surface area contributed by atoms with Crippen molar-refractivity contribution in [1.82, 2.24) is 5.32 Å². The molecule has 2 N–H and O–H groups in total. The van der Waals surface area contributed by atoms with Crippen molar-refractivity contribution in [3.05, 3.63) is 113 Å². The number of rotatable bonds is 12. The van der Waals surface area contributed by atoms with E-state index < -0.39 is 22.5 Å². The fourth-order valence-electron chi connectivity index (χ4n) is 4.68. The predicted molar refractivity (Wildman–Crippen MR) is 168 cm³/mol. The van der Waals surface area contributed by atoms with Crippen molar-refractivity contribution in [1.29, 1.82) is 0 Å². The van der Waals surface area contributed by atoms with Crippen LogP contribution in [0.4, 0.5) is 11.4 Å². The Labute approximate surface area is 252 Å². The lowest BCUT2D eigenvalue weighted by atomic mass is 10.1. The van der Waals surface area contributed by atoms with Crippen LogP contribution in [0.25, 0.3) is 0 Å². The van der Waals surface area contributed by atoms with E-state index in [1.165, 1.54) is 32.4 Å². The molecule has 224 valence electrons. The second-order valence-electron chi connectivity index (χ2n) is 9.96. The van der Waals surface area contributed by atoms with Gasteiger partial charge < -0.3 is 20.1 Å². The van der Waals surface area contributed by atoms with E-state index in [-0.39, 0.29) is 27.8 Å². The number of carbonyl (C=O) groups is 2. The second kappa shape index (κ2) is 13.9. The van der Waals surface area contributed by atoms with Crippen LogP contribution in [0, 0.1) is 13.8 Å². The molecule has 0 saturated heterocycles. The van der Waals surface area contributed by atoms with Gasteiger partial charge in [0.1, 0.15) is 6.54 Å². The van der Waals surface area contributed by atoms with E-state index in [2.05, 4.69) is 10.6 Å². The third-order valence-electron chi connectivity index (χ3n) is 6.71. The summed E-state index contributed by atoms with van der Waals surface area (Å²) in [7, 11) is -1.37. The predicted octanol–water partition coefficient (Wildman–Crippen LogP) is 5.13. The Morgan fingerprint density at radius 3 is 2.12 bits per heavy atom. The minimum Gasteiger partial charge on any atom is -0.493 e. The fourth-order valence-corrected chi connectivity index (χ4v) is 6.11. The van der Waals surface area contributed by atoms with Gasteiger partial charge in [-0.15, -0.1) is 0 Å². The van der Waals surface area contributed by atoms with Crippen molar-refractivity contribution in [2.45, 2.75) is 25.2 Å². The van der Waals surface area contributed by atoms with Crippen LogP contribution < -0.4 is 24.4 Å². The SMILES string of the molecule is COc1ccc(S(=O)(=O)N(CC(=O)Nc2ccccc2C(=O)NCCc2ccccc2)c2cc(C)cc(C)c2)cc1OC. The van der Waals surface area contributed by atoms with Crippen molar-refractivity contribution < 1.29 is 27.5 Å². The summed E-state index contributed by atoms with van der Waals surface area (Å²) in [6.45, 7) is 3.58. The molecule has 2 amide bonds. The summed E-state index contributed by atoms with van der Waals surface area (Å²) in [6.07, 6.45) is 0.653. The van der Waals surface area contributed by atoms with Crippen LogP contribution in [-0.4, -0.2) is 47.5 Å². The number of amides is 2. The van der Waals surface area contributed by atoms with Crippen LogP contribution in [0.5, 0.6) is 11.5 Å². The molecule has 0 atom stereocenters. The Balaban J connectivity index is 1.59. The molecule has 10 heteroatoms. The summed E-state index contributed by atoms with van der Waals surface area (Å²) < 4.78 is 39.6. The monoisotopic (exact) mass is 601 g/mol. The molecule has 0 unspecified atom stereocenters. The molecule has 0 bridgehead atoms. The number of hydrogen-bond donors (Lipinski definition) is 2. The molecule has 4 rings (SSSR count). The van der Waals surface area contributed by atoms with Crippen molar-refractivity contribution >= 4 is 33.2 Å². The first kappa shape index (κ1) is 31.1. The molecule has 0 aliphatic rings. The van der Waals surface area contributed by atoms with E-state index in [9.17, 15) is 18.0 Å². The molecule has 9 nitrogen and oxygen atoms in total. The van der Waals surface area contributed by atoms with E-state index in [4.69, 9.17) is 9.47 Å². The van der Waals surface area contributed by atoms with Gasteiger partial charge in [0, 0.05) is 12.6 Å². The Kier molecular flexibility index (Phi) is 10.0. The standard InChI is InChI=1S/C33H35N3O6S/c1-23-18-24(2)20-26(19-23)36(43(39,40)27-14-15-30(41-3)31(21-27)42-4)22-32(37)35-29-13-9-8-12-28(29)33(38)34-17-16-25-10-6-5-7-11-25/h5-15,18-21H,16-17,22H2,1-4H3,(H,34,38)(H,35,37). The summed E-state index contributed by atoms with van der Waals surface area (Å²) in [4.78, 5) is 26.4. The van der Waals surface area contributed by atoms with Crippen molar-refractivity contribution in [3.63, 3.8) is 0 Å². The van der Waals surface area contributed by atoms with Gasteiger partial charge in [-0.05, 0) is 73.4 Å². The molecule has 0 aromatic heterocycles. The Morgan fingerprint density at radius 1 is 0.791 bits per heavy atom. The first-order valence-corrected chi connectivity index (χ1v) is 15.1. The Bertz CT molecular complexity index is 1690. The van der Waals surface area contributed by atoms with Crippen LogP contribution >= 0.6 is 0 Å². The largest absolute Gasteiger partial charge is 0.493 e. The first-order chi connectivity index (χ1) is 20.6. The summed E-state index contributed by atoms with van der Waals surface area (Å²) in [6, 6.07) is 26.0. The van der Waals surface area contributed by atoms with E-state index >= 15 is 0 Å². The number of sulfonamides is 1. The fraction of sp³-hybridized carbons (Fsp3) is 0.212. The molecular weight excluding hydrogens is 566 g/mol. The summed E-state index contributed by atoms with van der Waals surface area (Å²) in [5, 5.41) is 5.63. The number of ether oxygens (including phenoxy) is 2. The molecule has 0 aliphatic carbocycles. The number of anilines is 2. The highest BCUT2D eigenvalue weighted by atomic mass is 32.2. The third kappa shape index (κ3) is 7.72. The number of hydrogen-bond acceptors (Lipinski definition) is 6. The number of benzene rings is 4. The van der Waals surface area contributed by atoms with Gasteiger partial charge in [0.05, 0.1) is 36.1 Å². The van der Waals surface area contributed by atoms with Crippen LogP contribution in [0.3, 0.4) is 0 Å². The quantitative estimate of drug-likeness (QED) is 0.233. The van der Waals surface area contributed by atoms with E-state index in [0.29, 0.717) is 24.4 Å². The molecule has 4 aromatic rings. The molecule has 0 heterocycles. The van der Waals surface area contributed by atoms with Gasteiger partial charge in [-0.3, -0.25) is 13.9 Å². The molecule has 0 aliphatic heterocycles. The molecule has 0 fully saturated rings. The molecule has 0 radical (unpaired) electrons. The van der Waals surface area contributed by atoms with Crippen molar-refractivity contribution in [2.24, 2.45) is 0 Å². The highest BCUT2D eigenvalue weighted by molar-refractivity contribution is 7.92. The van der Waals surface area contributed by atoms with Crippen LogP contribution in [0.15, 0.2) is 95.9 Å². The number of nitrogens with zero attached hydrogens (tertiary/aromatic N) is 1. The van der Waals surface area contributed by atoms with Gasteiger partial charge in [-0.2, -0.15) is 0 Å². The maximum Gasteiger partial charge on any atom is 0.264 e. The average molecular weight is 602 g/mol. The van der Waals surface area contributed by atoms with Gasteiger partial charge in [-0.1, -0.05) is 48.5 Å². The van der Waals surface area contributed by atoms with Crippen LogP contribution in [0.1, 0.15) is 27.0 Å². The number of nitrogens with one attached hydrogen (secondary N) is 2. The first-order valence-electron chi connectivity index (χ1n) is 13.7. The smallest absolute Gasteiger partial charge is 0.264 e. The van der Waals surface area contributed by atoms with E-state index in [1.807, 2.05) is 50.2 Å². The summed E-state index contributed by atoms with van der Waals surface area (Å²) >= 11 is 0. The molecule has 43 heavy (non-hydrogen) atoms. The zero-order chi connectivity index (χ0) is 31.0. The Morgan fingerprint density at radius 2 is 1.44 bits per heavy atom. The highest BCUT2D eigenvalue weighted by Crippen LogP contribution is 2.33. The van der Waals surface area contributed by atoms with Crippen molar-refractivity contribution in [2.75, 3.05) is 36.9 Å². The highest BCUT2D eigenvalue weighted by Gasteiger charge is 2.29. The lowest BCUT2D eigenvalue weighted by Crippen LogP contribution is -2.38. The zero-order valence-electron chi connectivity index (χ0n) is 24.6. The molecule has 4 aromatic carbocycles. The van der Waals surface area contributed by atoms with Gasteiger partial charge in [-0.25, -0.2) is 8.42 Å². The van der Waals surface area contributed by atoms with Gasteiger partial charge in [0.25, 0.3) is 15.9 Å². The number of methoxy groups -OCH3 is 2. The number of carbonyl (C=O) groups excluding carboxylic acids is 2. The van der Waals surface area contributed by atoms with Gasteiger partial charge >= 0.3 is 0 Å². The maximum absolute atomic E-state index is 14.0. The minimum atomic E-state index is -4.24. The minimum absolute atomic E-state index is 0.0738. The van der Waals surface area contributed by atoms with E-state index in [0.717, 1.165) is 21.0 Å². The average Bonchev–Trinajstić information content (AvgIpc) is 2.99. The van der Waals surface area contributed by atoms with Crippen molar-refractivity contribution in [3.8, 4) is 11.5 Å². The molecule has 0 spiro atoms. The van der Waals surface area contributed by atoms with Crippen LogP contribution in [0.2, 0.25) is 0 Å². The van der Waals surface area contributed by atoms with Crippen LogP contribution in [-0.2, 0) is 21.2 Å². The lowest BCUT2D eigenvalue weighted by Gasteiger charge is -2.25. The van der Waals surface area contributed by atoms with Gasteiger partial charge in [0.15, 0.2) is 11.5 Å². The summed E-state index contributed by atoms with van der Waals surface area (Å²) in [5.41, 5.74) is 3.63. The zero-order valence-corrected chi connectivity index (χ0v) is 25.4.